The molecular formula is C9H15N3. The van der Waals surface area contributed by atoms with Gasteiger partial charge in [0.1, 0.15) is 6.33 Å². The second-order valence-corrected chi connectivity index (χ2v) is 2.78. The highest BCUT2D eigenvalue weighted by atomic mass is 14.8. The molecule has 0 fully saturated rings. The predicted molar refractivity (Wildman–Crippen MR) is 48.9 cm³/mol. The van der Waals surface area contributed by atoms with E-state index in [2.05, 4.69) is 23.8 Å². The summed E-state index contributed by atoms with van der Waals surface area (Å²) in [5.41, 5.74) is 8.88. The number of rotatable bonds is 3. The lowest BCUT2D eigenvalue weighted by atomic mass is 10.1. The van der Waals surface area contributed by atoms with Crippen LogP contribution in [0.25, 0.3) is 0 Å². The smallest absolute Gasteiger partial charge is 0.115 e. The van der Waals surface area contributed by atoms with Gasteiger partial charge in [0.15, 0.2) is 0 Å². The van der Waals surface area contributed by atoms with Crippen molar-refractivity contribution in [1.29, 1.82) is 0 Å². The van der Waals surface area contributed by atoms with Crippen molar-refractivity contribution in [2.24, 2.45) is 5.73 Å². The molecule has 1 rings (SSSR count). The third kappa shape index (κ3) is 1.80. The van der Waals surface area contributed by atoms with E-state index < -0.39 is 0 Å². The zero-order chi connectivity index (χ0) is 8.97. The number of hydrogen-bond donors (Lipinski definition) is 1. The van der Waals surface area contributed by atoms with Crippen LogP contribution in [0.15, 0.2) is 6.33 Å². The zero-order valence-corrected chi connectivity index (χ0v) is 7.67. The molecule has 0 aliphatic rings. The van der Waals surface area contributed by atoms with Crippen molar-refractivity contribution in [3.63, 3.8) is 0 Å². The van der Waals surface area contributed by atoms with Gasteiger partial charge in [0.05, 0.1) is 0 Å². The van der Waals surface area contributed by atoms with Crippen molar-refractivity contribution >= 4 is 0 Å². The molecule has 1 aromatic heterocycles. The van der Waals surface area contributed by atoms with Crippen molar-refractivity contribution in [3.8, 4) is 0 Å². The SMILES string of the molecule is CCc1ncnc(CCN)c1C. The van der Waals surface area contributed by atoms with Crippen molar-refractivity contribution in [2.45, 2.75) is 26.7 Å². The Balaban J connectivity index is 2.97. The van der Waals surface area contributed by atoms with Crippen molar-refractivity contribution in [1.82, 2.24) is 9.97 Å². The molecule has 3 heteroatoms. The summed E-state index contributed by atoms with van der Waals surface area (Å²) in [4.78, 5) is 8.37. The number of aromatic nitrogens is 2. The molecule has 0 aromatic carbocycles. The molecule has 3 nitrogen and oxygen atoms in total. The van der Waals surface area contributed by atoms with Crippen LogP contribution in [-0.4, -0.2) is 16.5 Å². The van der Waals surface area contributed by atoms with Crippen LogP contribution < -0.4 is 5.73 Å². The number of nitrogens with zero attached hydrogens (tertiary/aromatic N) is 2. The van der Waals surface area contributed by atoms with Crippen LogP contribution in [0.1, 0.15) is 23.9 Å². The van der Waals surface area contributed by atoms with E-state index in [4.69, 9.17) is 5.73 Å². The quantitative estimate of drug-likeness (QED) is 0.722. The normalized spacial score (nSPS) is 10.2. The first-order valence-corrected chi connectivity index (χ1v) is 4.29. The lowest BCUT2D eigenvalue weighted by molar-refractivity contribution is 0.863. The molecule has 0 unspecified atom stereocenters. The molecule has 0 radical (unpaired) electrons. The average Bonchev–Trinajstić information content (AvgIpc) is 2.09. The second kappa shape index (κ2) is 4.16. The molecule has 66 valence electrons. The number of aryl methyl sites for hydroxylation is 1. The highest BCUT2D eigenvalue weighted by Gasteiger charge is 2.03. The summed E-state index contributed by atoms with van der Waals surface area (Å²) in [5.74, 6) is 0. The predicted octanol–water partition coefficient (Wildman–Crippen LogP) is 0.849. The largest absolute Gasteiger partial charge is 0.330 e. The summed E-state index contributed by atoms with van der Waals surface area (Å²) in [5, 5.41) is 0. The van der Waals surface area contributed by atoms with E-state index in [0.717, 1.165) is 24.2 Å². The van der Waals surface area contributed by atoms with Gasteiger partial charge in [-0.3, -0.25) is 0 Å². The van der Waals surface area contributed by atoms with Crippen molar-refractivity contribution in [3.05, 3.63) is 23.3 Å². The summed E-state index contributed by atoms with van der Waals surface area (Å²) < 4.78 is 0. The molecule has 12 heavy (non-hydrogen) atoms. The maximum atomic E-state index is 5.46. The Labute approximate surface area is 73.0 Å². The summed E-state index contributed by atoms with van der Waals surface area (Å²) >= 11 is 0. The molecule has 0 spiro atoms. The lowest BCUT2D eigenvalue weighted by Crippen LogP contribution is -2.08. The van der Waals surface area contributed by atoms with Crippen LogP contribution in [0.3, 0.4) is 0 Å². The summed E-state index contributed by atoms with van der Waals surface area (Å²) in [7, 11) is 0. The first kappa shape index (κ1) is 9.13. The molecule has 2 N–H and O–H groups in total. The molecule has 1 aromatic rings. The fourth-order valence-corrected chi connectivity index (χ4v) is 1.27. The van der Waals surface area contributed by atoms with Gasteiger partial charge in [0.25, 0.3) is 0 Å². The molecule has 0 atom stereocenters. The van der Waals surface area contributed by atoms with Gasteiger partial charge >= 0.3 is 0 Å². The van der Waals surface area contributed by atoms with Crippen LogP contribution in [0.2, 0.25) is 0 Å². The molecule has 0 saturated heterocycles. The van der Waals surface area contributed by atoms with Crippen molar-refractivity contribution < 1.29 is 0 Å². The third-order valence-electron chi connectivity index (χ3n) is 2.01. The van der Waals surface area contributed by atoms with Gasteiger partial charge < -0.3 is 5.73 Å². The van der Waals surface area contributed by atoms with Gasteiger partial charge in [-0.1, -0.05) is 6.92 Å². The number of hydrogen-bond acceptors (Lipinski definition) is 3. The molecule has 0 bridgehead atoms. The lowest BCUT2D eigenvalue weighted by Gasteiger charge is -2.05. The Hall–Kier alpha value is -0.960. The van der Waals surface area contributed by atoms with Gasteiger partial charge in [-0.15, -0.1) is 0 Å². The van der Waals surface area contributed by atoms with Crippen LogP contribution >= 0.6 is 0 Å². The van der Waals surface area contributed by atoms with Gasteiger partial charge in [-0.05, 0) is 25.5 Å². The van der Waals surface area contributed by atoms with E-state index >= 15 is 0 Å². The van der Waals surface area contributed by atoms with Gasteiger partial charge in [0.2, 0.25) is 0 Å². The van der Waals surface area contributed by atoms with E-state index in [0.29, 0.717) is 6.54 Å². The average molecular weight is 165 g/mol. The minimum Gasteiger partial charge on any atom is -0.330 e. The topological polar surface area (TPSA) is 51.8 Å². The maximum Gasteiger partial charge on any atom is 0.115 e. The molecular weight excluding hydrogens is 150 g/mol. The van der Waals surface area contributed by atoms with E-state index in [1.54, 1.807) is 6.33 Å². The number of nitrogens with two attached hydrogens (primary N) is 1. The molecule has 0 aliphatic carbocycles. The van der Waals surface area contributed by atoms with Crippen molar-refractivity contribution in [2.75, 3.05) is 6.54 Å². The second-order valence-electron chi connectivity index (χ2n) is 2.78. The standard InChI is InChI=1S/C9H15N3/c1-3-8-7(2)9(4-5-10)12-6-11-8/h6H,3-5,10H2,1-2H3. The molecule has 0 aliphatic heterocycles. The van der Waals surface area contributed by atoms with Gasteiger partial charge in [-0.2, -0.15) is 0 Å². The maximum absolute atomic E-state index is 5.46. The Morgan fingerprint density at radius 3 is 2.58 bits per heavy atom. The molecule has 1 heterocycles. The molecule has 0 amide bonds. The minimum absolute atomic E-state index is 0.654. The third-order valence-corrected chi connectivity index (χ3v) is 2.01. The summed E-state index contributed by atoms with van der Waals surface area (Å²) in [6, 6.07) is 0. The fourth-order valence-electron chi connectivity index (χ4n) is 1.27. The first-order chi connectivity index (χ1) is 5.79. The van der Waals surface area contributed by atoms with E-state index in [9.17, 15) is 0 Å². The zero-order valence-electron chi connectivity index (χ0n) is 7.67. The molecule has 0 saturated carbocycles. The van der Waals surface area contributed by atoms with Crippen LogP contribution in [0, 0.1) is 6.92 Å². The van der Waals surface area contributed by atoms with Crippen LogP contribution in [0.4, 0.5) is 0 Å². The fraction of sp³-hybridized carbons (Fsp3) is 0.556. The van der Waals surface area contributed by atoms with E-state index in [-0.39, 0.29) is 0 Å². The highest BCUT2D eigenvalue weighted by Crippen LogP contribution is 2.08. The summed E-state index contributed by atoms with van der Waals surface area (Å²) in [6.45, 7) is 4.81. The van der Waals surface area contributed by atoms with Gasteiger partial charge in [-0.25, -0.2) is 9.97 Å². The van der Waals surface area contributed by atoms with E-state index in [1.807, 2.05) is 0 Å². The minimum atomic E-state index is 0.654. The Morgan fingerprint density at radius 2 is 2.00 bits per heavy atom. The van der Waals surface area contributed by atoms with Gasteiger partial charge in [0, 0.05) is 17.8 Å². The monoisotopic (exact) mass is 165 g/mol. The van der Waals surface area contributed by atoms with Crippen LogP contribution in [-0.2, 0) is 12.8 Å². The summed E-state index contributed by atoms with van der Waals surface area (Å²) in [6.07, 6.45) is 3.43. The Kier molecular flexibility index (Phi) is 3.17. The van der Waals surface area contributed by atoms with E-state index in [1.165, 1.54) is 5.56 Å². The first-order valence-electron chi connectivity index (χ1n) is 4.29. The highest BCUT2D eigenvalue weighted by molar-refractivity contribution is 5.22. The Morgan fingerprint density at radius 1 is 1.33 bits per heavy atom. The Bertz CT molecular complexity index is 258. The van der Waals surface area contributed by atoms with Crippen LogP contribution in [0.5, 0.6) is 0 Å².